The summed E-state index contributed by atoms with van der Waals surface area (Å²) in [5.74, 6) is -2.67. The number of carboxylic acid groups (broad SMARTS) is 2. The highest BCUT2D eigenvalue weighted by atomic mass is 79.9. The summed E-state index contributed by atoms with van der Waals surface area (Å²) in [6.07, 6.45) is 0. The number of hydrogen-bond donors (Lipinski definition) is 2. The van der Waals surface area contributed by atoms with Crippen LogP contribution in [0.2, 0.25) is 0 Å². The van der Waals surface area contributed by atoms with Crippen LogP contribution >= 0.6 is 15.9 Å². The van der Waals surface area contributed by atoms with Crippen molar-refractivity contribution in [3.8, 4) is 5.75 Å². The lowest BCUT2D eigenvalue weighted by Crippen LogP contribution is -2.27. The Labute approximate surface area is 138 Å². The fourth-order valence-electron chi connectivity index (χ4n) is 1.60. The summed E-state index contributed by atoms with van der Waals surface area (Å²) in [5, 5.41) is 14.8. The fourth-order valence-corrected chi connectivity index (χ4v) is 2.07. The number of benzene rings is 1. The van der Waals surface area contributed by atoms with Gasteiger partial charge in [0.05, 0.1) is 0 Å². The maximum absolute atomic E-state index is 9.10. The molecule has 0 saturated carbocycles. The van der Waals surface area contributed by atoms with E-state index in [0.717, 1.165) is 36.5 Å². The van der Waals surface area contributed by atoms with Crippen molar-refractivity contribution in [1.82, 2.24) is 4.90 Å². The third-order valence-corrected chi connectivity index (χ3v) is 3.37. The molecule has 0 aliphatic rings. The number of halogens is 1. The number of likely N-dealkylation sites (N-methyl/N-ethyl adjacent to an activating group) is 1. The summed E-state index contributed by atoms with van der Waals surface area (Å²) in [5.41, 5.74) is 1.17. The van der Waals surface area contributed by atoms with Crippen molar-refractivity contribution < 1.29 is 24.5 Å². The largest absolute Gasteiger partial charge is 0.492 e. The van der Waals surface area contributed by atoms with E-state index in [-0.39, 0.29) is 0 Å². The zero-order chi connectivity index (χ0) is 17.1. The molecular formula is C15H22BrNO5. The highest BCUT2D eigenvalue weighted by Gasteiger charge is 2.04. The van der Waals surface area contributed by atoms with Gasteiger partial charge in [-0.25, -0.2) is 9.59 Å². The van der Waals surface area contributed by atoms with Crippen molar-refractivity contribution >= 4 is 27.9 Å². The Morgan fingerprint density at radius 2 is 1.73 bits per heavy atom. The first-order chi connectivity index (χ1) is 10.3. The van der Waals surface area contributed by atoms with E-state index in [0.29, 0.717) is 0 Å². The Morgan fingerprint density at radius 3 is 2.14 bits per heavy atom. The molecule has 1 rings (SSSR count). The summed E-state index contributed by atoms with van der Waals surface area (Å²) < 4.78 is 6.86. The molecule has 6 nitrogen and oxygen atoms in total. The fraction of sp³-hybridized carbons (Fsp3) is 0.467. The number of hydrogen-bond acceptors (Lipinski definition) is 4. The summed E-state index contributed by atoms with van der Waals surface area (Å²) in [6, 6.07) is 6.11. The van der Waals surface area contributed by atoms with E-state index in [2.05, 4.69) is 47.7 Å². The summed E-state index contributed by atoms with van der Waals surface area (Å²) in [7, 11) is 0. The average molecular weight is 376 g/mol. The van der Waals surface area contributed by atoms with E-state index in [9.17, 15) is 0 Å². The van der Waals surface area contributed by atoms with Crippen LogP contribution in [0, 0.1) is 6.92 Å². The minimum absolute atomic E-state index is 0.754. The zero-order valence-electron chi connectivity index (χ0n) is 13.0. The summed E-state index contributed by atoms with van der Waals surface area (Å²) in [4.78, 5) is 20.6. The monoisotopic (exact) mass is 375 g/mol. The molecule has 0 heterocycles. The van der Waals surface area contributed by atoms with Gasteiger partial charge in [-0.05, 0) is 43.8 Å². The maximum atomic E-state index is 9.10. The van der Waals surface area contributed by atoms with Gasteiger partial charge in [-0.2, -0.15) is 0 Å². The molecule has 0 saturated heterocycles. The first-order valence-electron chi connectivity index (χ1n) is 6.89. The molecule has 0 aliphatic heterocycles. The van der Waals surface area contributed by atoms with Crippen LogP contribution in [0.15, 0.2) is 22.7 Å². The van der Waals surface area contributed by atoms with Crippen molar-refractivity contribution in [2.24, 2.45) is 0 Å². The lowest BCUT2D eigenvalue weighted by Gasteiger charge is -2.18. The Morgan fingerprint density at radius 1 is 1.18 bits per heavy atom. The van der Waals surface area contributed by atoms with Gasteiger partial charge in [-0.3, -0.25) is 0 Å². The van der Waals surface area contributed by atoms with Gasteiger partial charge in [-0.15, -0.1) is 0 Å². The normalized spacial score (nSPS) is 9.86. The van der Waals surface area contributed by atoms with Crippen molar-refractivity contribution in [2.45, 2.75) is 20.8 Å². The lowest BCUT2D eigenvalue weighted by atomic mass is 10.2. The molecule has 0 bridgehead atoms. The number of carboxylic acids is 2. The number of rotatable bonds is 6. The van der Waals surface area contributed by atoms with Crippen LogP contribution in [0.1, 0.15) is 19.4 Å². The van der Waals surface area contributed by atoms with Crippen LogP contribution in [0.5, 0.6) is 5.75 Å². The SMILES string of the molecule is CCN(CC)CCOc1ccc(Br)cc1C.O=C(O)C(=O)O. The molecule has 2 N–H and O–H groups in total. The molecule has 22 heavy (non-hydrogen) atoms. The predicted molar refractivity (Wildman–Crippen MR) is 87.4 cm³/mol. The van der Waals surface area contributed by atoms with Gasteiger partial charge in [0.15, 0.2) is 0 Å². The molecule has 1 aromatic rings. The first kappa shape index (κ1) is 20.4. The van der Waals surface area contributed by atoms with Gasteiger partial charge < -0.3 is 19.8 Å². The van der Waals surface area contributed by atoms with E-state index >= 15 is 0 Å². The number of ether oxygens (including phenoxy) is 1. The molecule has 0 aromatic heterocycles. The molecule has 0 aliphatic carbocycles. The Balaban J connectivity index is 0.000000626. The van der Waals surface area contributed by atoms with Crippen molar-refractivity contribution in [2.75, 3.05) is 26.2 Å². The second kappa shape index (κ2) is 11.0. The van der Waals surface area contributed by atoms with Gasteiger partial charge in [-0.1, -0.05) is 29.8 Å². The molecule has 1 aromatic carbocycles. The molecule has 0 atom stereocenters. The van der Waals surface area contributed by atoms with Crippen LogP contribution in [0.4, 0.5) is 0 Å². The Bertz CT molecular complexity index is 477. The Hall–Kier alpha value is -1.60. The molecule has 0 amide bonds. The van der Waals surface area contributed by atoms with Crippen LogP contribution in [-0.4, -0.2) is 53.3 Å². The average Bonchev–Trinajstić information content (AvgIpc) is 2.46. The molecule has 0 fully saturated rings. The maximum Gasteiger partial charge on any atom is 0.414 e. The second-order valence-electron chi connectivity index (χ2n) is 4.40. The van der Waals surface area contributed by atoms with Crippen LogP contribution < -0.4 is 4.74 Å². The number of nitrogens with zero attached hydrogens (tertiary/aromatic N) is 1. The van der Waals surface area contributed by atoms with Crippen molar-refractivity contribution in [1.29, 1.82) is 0 Å². The predicted octanol–water partition coefficient (Wildman–Crippen LogP) is 2.63. The lowest BCUT2D eigenvalue weighted by molar-refractivity contribution is -0.159. The van der Waals surface area contributed by atoms with E-state index in [1.807, 2.05) is 12.1 Å². The summed E-state index contributed by atoms with van der Waals surface area (Å²) >= 11 is 3.45. The Kier molecular flexibility index (Phi) is 10.2. The topological polar surface area (TPSA) is 87.1 Å². The molecular weight excluding hydrogens is 354 g/mol. The second-order valence-corrected chi connectivity index (χ2v) is 5.31. The quantitative estimate of drug-likeness (QED) is 0.743. The molecule has 0 unspecified atom stereocenters. The van der Waals surface area contributed by atoms with Crippen molar-refractivity contribution in [3.05, 3.63) is 28.2 Å². The third kappa shape index (κ3) is 8.63. The van der Waals surface area contributed by atoms with Crippen LogP contribution in [0.25, 0.3) is 0 Å². The van der Waals surface area contributed by atoms with Crippen molar-refractivity contribution in [3.63, 3.8) is 0 Å². The van der Waals surface area contributed by atoms with E-state index in [1.54, 1.807) is 0 Å². The van der Waals surface area contributed by atoms with E-state index < -0.39 is 11.9 Å². The van der Waals surface area contributed by atoms with Gasteiger partial charge >= 0.3 is 11.9 Å². The standard InChI is InChI=1S/C13H20BrNO.C2H2O4/c1-4-15(5-2)8-9-16-13-7-6-12(14)10-11(13)3;3-1(4)2(5)6/h6-7,10H,4-5,8-9H2,1-3H3;(H,3,4)(H,5,6). The minimum atomic E-state index is -1.82. The van der Waals surface area contributed by atoms with E-state index in [4.69, 9.17) is 24.5 Å². The smallest absolute Gasteiger partial charge is 0.414 e. The number of aryl methyl sites for hydroxylation is 1. The highest BCUT2D eigenvalue weighted by molar-refractivity contribution is 9.10. The third-order valence-electron chi connectivity index (χ3n) is 2.88. The molecule has 124 valence electrons. The zero-order valence-corrected chi connectivity index (χ0v) is 14.6. The van der Waals surface area contributed by atoms with Gasteiger partial charge in [0.25, 0.3) is 0 Å². The van der Waals surface area contributed by atoms with Crippen LogP contribution in [0.3, 0.4) is 0 Å². The van der Waals surface area contributed by atoms with Gasteiger partial charge in [0.1, 0.15) is 12.4 Å². The van der Waals surface area contributed by atoms with Gasteiger partial charge in [0, 0.05) is 11.0 Å². The minimum Gasteiger partial charge on any atom is -0.492 e. The number of aliphatic carboxylic acids is 2. The van der Waals surface area contributed by atoms with Crippen LogP contribution in [-0.2, 0) is 9.59 Å². The molecule has 7 heteroatoms. The van der Waals surface area contributed by atoms with E-state index in [1.165, 1.54) is 5.56 Å². The first-order valence-corrected chi connectivity index (χ1v) is 7.68. The molecule has 0 spiro atoms. The highest BCUT2D eigenvalue weighted by Crippen LogP contribution is 2.21. The van der Waals surface area contributed by atoms with Gasteiger partial charge in [0.2, 0.25) is 0 Å². The number of carbonyl (C=O) groups is 2. The summed E-state index contributed by atoms with van der Waals surface area (Å²) in [6.45, 7) is 10.3. The molecule has 0 radical (unpaired) electrons.